The van der Waals surface area contributed by atoms with Crippen LogP contribution in [0, 0.1) is 12.8 Å². The lowest BCUT2D eigenvalue weighted by molar-refractivity contribution is -0.142. The van der Waals surface area contributed by atoms with Crippen molar-refractivity contribution in [3.63, 3.8) is 0 Å². The van der Waals surface area contributed by atoms with Crippen molar-refractivity contribution in [3.8, 4) is 5.13 Å². The number of hydrogen-bond donors (Lipinski definition) is 5. The minimum Gasteiger partial charge on any atom is -0.391 e. The van der Waals surface area contributed by atoms with E-state index in [-0.39, 0.29) is 47.6 Å². The summed E-state index contributed by atoms with van der Waals surface area (Å²) in [5.41, 5.74) is -1.52. The van der Waals surface area contributed by atoms with Gasteiger partial charge in [-0.25, -0.2) is 9.67 Å². The molecule has 0 unspecified atom stereocenters. The molecule has 2 bridgehead atoms. The molecule has 0 spiro atoms. The smallest absolute Gasteiger partial charge is 0.391 e. The van der Waals surface area contributed by atoms with Gasteiger partial charge in [0.05, 0.1) is 18.3 Å². The summed E-state index contributed by atoms with van der Waals surface area (Å²) >= 11 is 0.754. The Morgan fingerprint density at radius 1 is 1.06 bits per heavy atom. The summed E-state index contributed by atoms with van der Waals surface area (Å²) in [4.78, 5) is 70.8. The summed E-state index contributed by atoms with van der Waals surface area (Å²) < 4.78 is 46.7. The molecule has 3 aromatic heterocycles. The van der Waals surface area contributed by atoms with Crippen molar-refractivity contribution < 1.29 is 46.8 Å². The molecule has 5 N–H and O–H groups in total. The van der Waals surface area contributed by atoms with Gasteiger partial charge in [0.2, 0.25) is 22.9 Å². The molecule has 4 atom stereocenters. The van der Waals surface area contributed by atoms with Crippen LogP contribution in [0.3, 0.4) is 0 Å². The predicted molar refractivity (Wildman–Crippen MR) is 161 cm³/mol. The molecule has 48 heavy (non-hydrogen) atoms. The first-order valence-electron chi connectivity index (χ1n) is 14.7. The van der Waals surface area contributed by atoms with Gasteiger partial charge >= 0.3 is 6.18 Å². The Kier molecular flexibility index (Phi) is 10.9. The predicted octanol–water partition coefficient (Wildman–Crippen LogP) is 0.541. The van der Waals surface area contributed by atoms with E-state index < -0.39 is 71.6 Å². The monoisotopic (exact) mass is 697 g/mol. The highest BCUT2D eigenvalue weighted by Crippen LogP contribution is 2.32. The zero-order chi connectivity index (χ0) is 35.5. The summed E-state index contributed by atoms with van der Waals surface area (Å²) in [5, 5.41) is 28.8. The van der Waals surface area contributed by atoms with E-state index in [4.69, 9.17) is 4.52 Å². The molecule has 0 aromatic carbocycles. The molecule has 0 radical (unpaired) electrons. The Labute approximate surface area is 275 Å². The van der Waals surface area contributed by atoms with E-state index >= 15 is 0 Å². The van der Waals surface area contributed by atoms with Crippen LogP contribution < -0.4 is 21.3 Å². The van der Waals surface area contributed by atoms with E-state index in [2.05, 4.69) is 36.5 Å². The fourth-order valence-electron chi connectivity index (χ4n) is 4.63. The minimum atomic E-state index is -4.74. The maximum atomic E-state index is 13.7. The van der Waals surface area contributed by atoms with Gasteiger partial charge in [-0.05, 0) is 32.8 Å². The number of aromatic nitrogens is 4. The second-order valence-electron chi connectivity index (χ2n) is 11.4. The standard InChI is InChI=1S/C28H34F3N9O7S/c1-12(2)20-24(44)32-6-7-39(26(46)18-11-48-27(34-18)40-19(28(29,30)31)8-13(3)37-40)10-16-9-17(38-47-16)23(43)36-21(15(5)41)25(45)33-14(4)22(42)35-20/h8-9,11-12,14-15,20-21,41H,6-7,10H2,1-5H3,(H,32,44)(H,33,45)(H,35,42)(H,36,43)/t14-,15+,20-,21-/m0/s1. The zero-order valence-corrected chi connectivity index (χ0v) is 27.2. The number of fused-ring (bicyclic) bond motifs is 2. The number of aliphatic hydroxyl groups excluding tert-OH is 1. The Morgan fingerprint density at radius 2 is 1.77 bits per heavy atom. The van der Waals surface area contributed by atoms with Crippen LogP contribution >= 0.6 is 11.3 Å². The number of halogens is 3. The normalized spacial score (nSPS) is 21.1. The lowest BCUT2D eigenvalue weighted by Crippen LogP contribution is -2.58. The van der Waals surface area contributed by atoms with E-state index in [0.29, 0.717) is 4.68 Å². The number of carbonyl (C=O) groups excluding carboxylic acids is 5. The molecule has 5 amide bonds. The van der Waals surface area contributed by atoms with Crippen LogP contribution in [0.25, 0.3) is 5.13 Å². The van der Waals surface area contributed by atoms with Crippen molar-refractivity contribution in [2.75, 3.05) is 13.1 Å². The topological polar surface area (TPSA) is 214 Å². The van der Waals surface area contributed by atoms with E-state index in [9.17, 15) is 42.3 Å². The Hall–Kier alpha value is -4.85. The average Bonchev–Trinajstić information content (AvgIpc) is 3.76. The number of aliphatic hydroxyl groups is 1. The molecule has 4 heterocycles. The van der Waals surface area contributed by atoms with E-state index in [1.54, 1.807) is 13.8 Å². The Balaban J connectivity index is 1.66. The molecule has 20 heteroatoms. The molecular formula is C28H34F3N9O7S. The second-order valence-corrected chi connectivity index (χ2v) is 12.3. The molecule has 0 aliphatic carbocycles. The Morgan fingerprint density at radius 3 is 2.42 bits per heavy atom. The van der Waals surface area contributed by atoms with Crippen LogP contribution in [0.15, 0.2) is 22.0 Å². The molecule has 0 saturated heterocycles. The summed E-state index contributed by atoms with van der Waals surface area (Å²) in [5.74, 6) is -4.26. The number of alkyl halides is 3. The van der Waals surface area contributed by atoms with Gasteiger partial charge in [0.1, 0.15) is 23.8 Å². The van der Waals surface area contributed by atoms with Gasteiger partial charge in [0.15, 0.2) is 17.1 Å². The maximum absolute atomic E-state index is 13.7. The number of hydrogen-bond acceptors (Lipinski definition) is 11. The summed E-state index contributed by atoms with van der Waals surface area (Å²) in [6.45, 7) is 6.73. The van der Waals surface area contributed by atoms with Crippen molar-refractivity contribution in [1.82, 2.24) is 46.1 Å². The number of nitrogens with one attached hydrogen (secondary N) is 4. The molecule has 1 aliphatic heterocycles. The van der Waals surface area contributed by atoms with Crippen molar-refractivity contribution in [3.05, 3.63) is 46.0 Å². The molecule has 1 aliphatic rings. The number of thiazole rings is 1. The van der Waals surface area contributed by atoms with Crippen molar-refractivity contribution in [2.24, 2.45) is 5.92 Å². The van der Waals surface area contributed by atoms with Gasteiger partial charge in [0.25, 0.3) is 11.8 Å². The summed E-state index contributed by atoms with van der Waals surface area (Å²) in [7, 11) is 0. The van der Waals surface area contributed by atoms with Gasteiger partial charge in [0, 0.05) is 24.5 Å². The number of amides is 5. The molecular weight excluding hydrogens is 663 g/mol. The summed E-state index contributed by atoms with van der Waals surface area (Å²) in [6, 6.07) is -1.69. The third-order valence-corrected chi connectivity index (χ3v) is 7.99. The van der Waals surface area contributed by atoms with Crippen LogP contribution in [0.4, 0.5) is 13.2 Å². The highest BCUT2D eigenvalue weighted by atomic mass is 32.1. The van der Waals surface area contributed by atoms with Crippen LogP contribution in [0.5, 0.6) is 0 Å². The molecule has 260 valence electrons. The zero-order valence-electron chi connectivity index (χ0n) is 26.4. The molecule has 0 fully saturated rings. The lowest BCUT2D eigenvalue weighted by Gasteiger charge is -2.26. The number of rotatable bonds is 4. The number of aryl methyl sites for hydroxylation is 1. The first-order chi connectivity index (χ1) is 22.5. The number of nitrogens with zero attached hydrogens (tertiary/aromatic N) is 5. The third-order valence-electron chi connectivity index (χ3n) is 7.17. The fourth-order valence-corrected chi connectivity index (χ4v) is 5.39. The minimum absolute atomic E-state index is 0.00237. The molecule has 4 rings (SSSR count). The van der Waals surface area contributed by atoms with Crippen molar-refractivity contribution >= 4 is 40.9 Å². The molecule has 0 saturated carbocycles. The quantitative estimate of drug-likeness (QED) is 0.255. The molecule has 16 nitrogen and oxygen atoms in total. The van der Waals surface area contributed by atoms with Gasteiger partial charge in [-0.1, -0.05) is 19.0 Å². The van der Waals surface area contributed by atoms with Crippen LogP contribution in [-0.2, 0) is 27.1 Å². The van der Waals surface area contributed by atoms with Crippen molar-refractivity contribution in [2.45, 2.75) is 71.6 Å². The fraction of sp³-hybridized carbons (Fsp3) is 0.500. The largest absolute Gasteiger partial charge is 0.433 e. The number of carbonyl (C=O) groups is 5. The Bertz CT molecular complexity index is 1680. The lowest BCUT2D eigenvalue weighted by atomic mass is 10.0. The van der Waals surface area contributed by atoms with Gasteiger partial charge in [-0.2, -0.15) is 18.3 Å². The second kappa shape index (κ2) is 14.5. The van der Waals surface area contributed by atoms with E-state index in [1.807, 2.05) is 0 Å². The summed E-state index contributed by atoms with van der Waals surface area (Å²) in [6.07, 6.45) is -6.13. The highest BCUT2D eigenvalue weighted by molar-refractivity contribution is 7.12. The SMILES string of the molecule is Cc1cc(C(F)(F)F)n(-c2nc(C(=O)N3CCNC(=O)[C@H](C(C)C)NC(=O)[C@H](C)NC(=O)[C@H]([C@@H](C)O)NC(=O)c4cc(on4)C3)cs2)n1. The van der Waals surface area contributed by atoms with Crippen LogP contribution in [0.2, 0.25) is 0 Å². The van der Waals surface area contributed by atoms with Crippen LogP contribution in [0.1, 0.15) is 65.8 Å². The average molecular weight is 698 g/mol. The van der Waals surface area contributed by atoms with Gasteiger partial charge in [-0.15, -0.1) is 11.3 Å². The third kappa shape index (κ3) is 8.35. The van der Waals surface area contributed by atoms with E-state index in [1.165, 1.54) is 37.1 Å². The van der Waals surface area contributed by atoms with Gasteiger partial charge in [-0.3, -0.25) is 24.0 Å². The van der Waals surface area contributed by atoms with Crippen molar-refractivity contribution in [1.29, 1.82) is 0 Å². The maximum Gasteiger partial charge on any atom is 0.433 e. The van der Waals surface area contributed by atoms with Gasteiger partial charge < -0.3 is 35.8 Å². The van der Waals surface area contributed by atoms with Crippen LogP contribution in [-0.4, -0.2) is 96.8 Å². The first kappa shape index (κ1) is 36.0. The first-order valence-corrected chi connectivity index (χ1v) is 15.6. The van der Waals surface area contributed by atoms with E-state index in [0.717, 1.165) is 17.4 Å². The highest BCUT2D eigenvalue weighted by Gasteiger charge is 2.37. The molecule has 3 aromatic rings.